The summed E-state index contributed by atoms with van der Waals surface area (Å²) >= 11 is 7.30. The molecule has 2 aromatic carbocycles. The smallest absolute Gasteiger partial charge is 0.287 e. The Morgan fingerprint density at radius 3 is 2.48 bits per heavy atom. The van der Waals surface area contributed by atoms with Crippen molar-refractivity contribution in [1.29, 1.82) is 0 Å². The predicted molar refractivity (Wildman–Crippen MR) is 81.8 cm³/mol. The third kappa shape index (κ3) is 3.59. The van der Waals surface area contributed by atoms with E-state index in [1.54, 1.807) is 38.5 Å². The average Bonchev–Trinajstić information content (AvgIpc) is 2.46. The van der Waals surface area contributed by atoms with Crippen molar-refractivity contribution in [2.24, 2.45) is 0 Å². The second-order valence-electron chi connectivity index (χ2n) is 3.99. The van der Waals surface area contributed by atoms with Crippen LogP contribution in [0.5, 0.6) is 11.5 Å². The molecule has 0 bridgehead atoms. The summed E-state index contributed by atoms with van der Waals surface area (Å²) in [5, 5.41) is 10.9. The lowest BCUT2D eigenvalue weighted by Gasteiger charge is -2.10. The van der Waals surface area contributed by atoms with E-state index in [1.807, 2.05) is 6.07 Å². The summed E-state index contributed by atoms with van der Waals surface area (Å²) in [6.45, 7) is 0. The second-order valence-corrected chi connectivity index (χ2v) is 5.51. The highest BCUT2D eigenvalue weighted by atomic mass is 35.5. The van der Waals surface area contributed by atoms with Gasteiger partial charge in [-0.2, -0.15) is 0 Å². The normalized spacial score (nSPS) is 10.2. The zero-order chi connectivity index (χ0) is 15.4. The van der Waals surface area contributed by atoms with Gasteiger partial charge in [-0.05, 0) is 30.3 Å². The Kier molecular flexibility index (Phi) is 4.93. The quantitative estimate of drug-likeness (QED) is 0.601. The van der Waals surface area contributed by atoms with Gasteiger partial charge in [0, 0.05) is 11.0 Å². The predicted octanol–water partition coefficient (Wildman–Crippen LogP) is 4.42. The maximum absolute atomic E-state index is 10.8. The lowest BCUT2D eigenvalue weighted by atomic mass is 10.3. The van der Waals surface area contributed by atoms with Gasteiger partial charge in [-0.3, -0.25) is 10.1 Å². The van der Waals surface area contributed by atoms with Gasteiger partial charge in [0.25, 0.3) is 5.69 Å². The van der Waals surface area contributed by atoms with E-state index in [2.05, 4.69) is 0 Å². The van der Waals surface area contributed by atoms with Crippen LogP contribution in [-0.4, -0.2) is 19.1 Å². The topological polar surface area (TPSA) is 61.6 Å². The molecule has 0 aliphatic heterocycles. The molecule has 0 radical (unpaired) electrons. The van der Waals surface area contributed by atoms with Gasteiger partial charge in [-0.1, -0.05) is 23.4 Å². The summed E-state index contributed by atoms with van der Waals surface area (Å²) < 4.78 is 10.5. The number of rotatable bonds is 5. The van der Waals surface area contributed by atoms with E-state index < -0.39 is 4.92 Å². The summed E-state index contributed by atoms with van der Waals surface area (Å²) in [5.74, 6) is 1.39. The highest BCUT2D eigenvalue weighted by molar-refractivity contribution is 7.99. The van der Waals surface area contributed by atoms with Gasteiger partial charge < -0.3 is 9.47 Å². The summed E-state index contributed by atoms with van der Waals surface area (Å²) in [4.78, 5) is 11.9. The number of nitro benzene ring substituents is 1. The van der Waals surface area contributed by atoms with Gasteiger partial charge in [-0.15, -0.1) is 0 Å². The van der Waals surface area contributed by atoms with Crippen LogP contribution in [-0.2, 0) is 0 Å². The highest BCUT2D eigenvalue weighted by Gasteiger charge is 2.14. The fourth-order valence-electron chi connectivity index (χ4n) is 1.69. The van der Waals surface area contributed by atoms with Crippen molar-refractivity contribution >= 4 is 29.1 Å². The minimum Gasteiger partial charge on any atom is -0.497 e. The molecule has 0 heterocycles. The van der Waals surface area contributed by atoms with E-state index in [9.17, 15) is 10.1 Å². The summed E-state index contributed by atoms with van der Waals surface area (Å²) in [5.41, 5.74) is -0.112. The minimum absolute atomic E-state index is 0.104. The first-order chi connectivity index (χ1) is 10.0. The van der Waals surface area contributed by atoms with Crippen molar-refractivity contribution in [3.63, 3.8) is 0 Å². The fourth-order valence-corrected chi connectivity index (χ4v) is 3.00. The highest BCUT2D eigenvalue weighted by Crippen LogP contribution is 2.39. The van der Waals surface area contributed by atoms with Crippen LogP contribution < -0.4 is 9.47 Å². The van der Waals surface area contributed by atoms with Crippen LogP contribution in [0.4, 0.5) is 5.69 Å². The number of benzene rings is 2. The molecule has 0 amide bonds. The van der Waals surface area contributed by atoms with Crippen LogP contribution in [0.15, 0.2) is 46.2 Å². The van der Waals surface area contributed by atoms with Crippen LogP contribution in [0, 0.1) is 10.1 Å². The van der Waals surface area contributed by atoms with Gasteiger partial charge in [0.2, 0.25) is 0 Å². The van der Waals surface area contributed by atoms with Crippen LogP contribution in [0.25, 0.3) is 0 Å². The SMILES string of the molecule is COc1ccc(OC)c(Sc2ccc([N+](=O)[O-])c(Cl)c2)c1. The van der Waals surface area contributed by atoms with Crippen molar-refractivity contribution in [1.82, 2.24) is 0 Å². The molecule has 7 heteroatoms. The third-order valence-corrected chi connectivity index (χ3v) is 4.05. The molecule has 0 aliphatic rings. The first-order valence-electron chi connectivity index (χ1n) is 5.89. The van der Waals surface area contributed by atoms with Crippen molar-refractivity contribution in [2.75, 3.05) is 14.2 Å². The van der Waals surface area contributed by atoms with Crippen molar-refractivity contribution in [3.8, 4) is 11.5 Å². The molecule has 0 aromatic heterocycles. The fraction of sp³-hybridized carbons (Fsp3) is 0.143. The van der Waals surface area contributed by atoms with E-state index in [4.69, 9.17) is 21.1 Å². The molecule has 0 fully saturated rings. The maximum atomic E-state index is 10.8. The van der Waals surface area contributed by atoms with Crippen LogP contribution in [0.1, 0.15) is 0 Å². The second kappa shape index (κ2) is 6.69. The first-order valence-corrected chi connectivity index (χ1v) is 7.08. The van der Waals surface area contributed by atoms with Crippen LogP contribution >= 0.6 is 23.4 Å². The summed E-state index contributed by atoms with van der Waals surface area (Å²) in [7, 11) is 3.16. The Labute approximate surface area is 131 Å². The van der Waals surface area contributed by atoms with Gasteiger partial charge in [0.05, 0.1) is 24.0 Å². The zero-order valence-corrected chi connectivity index (χ0v) is 12.9. The van der Waals surface area contributed by atoms with Gasteiger partial charge in [0.15, 0.2) is 0 Å². The molecule has 0 atom stereocenters. The molecule has 5 nitrogen and oxygen atoms in total. The summed E-state index contributed by atoms with van der Waals surface area (Å²) in [6, 6.07) is 10.0. The zero-order valence-electron chi connectivity index (χ0n) is 11.3. The van der Waals surface area contributed by atoms with Crippen LogP contribution in [0.2, 0.25) is 5.02 Å². The van der Waals surface area contributed by atoms with Gasteiger partial charge in [-0.25, -0.2) is 0 Å². The summed E-state index contributed by atoms with van der Waals surface area (Å²) in [6.07, 6.45) is 0. The molecule has 0 spiro atoms. The van der Waals surface area contributed by atoms with Crippen molar-refractivity contribution in [2.45, 2.75) is 9.79 Å². The molecule has 0 aliphatic carbocycles. The molecule has 0 saturated heterocycles. The van der Waals surface area contributed by atoms with Gasteiger partial charge >= 0.3 is 0 Å². The van der Waals surface area contributed by atoms with E-state index >= 15 is 0 Å². The Morgan fingerprint density at radius 1 is 1.14 bits per heavy atom. The van der Waals surface area contributed by atoms with E-state index in [1.165, 1.54) is 17.8 Å². The molecule has 0 unspecified atom stereocenters. The Hall–Kier alpha value is -1.92. The van der Waals surface area contributed by atoms with E-state index in [0.717, 1.165) is 9.79 Å². The van der Waals surface area contributed by atoms with Crippen molar-refractivity contribution < 1.29 is 14.4 Å². The molecule has 21 heavy (non-hydrogen) atoms. The molecular formula is C14H12ClNO4S. The Morgan fingerprint density at radius 2 is 1.90 bits per heavy atom. The number of halogens is 1. The van der Waals surface area contributed by atoms with Gasteiger partial charge in [0.1, 0.15) is 16.5 Å². The largest absolute Gasteiger partial charge is 0.497 e. The van der Waals surface area contributed by atoms with E-state index in [0.29, 0.717) is 11.5 Å². The molecule has 0 N–H and O–H groups in total. The van der Waals surface area contributed by atoms with Crippen LogP contribution in [0.3, 0.4) is 0 Å². The number of ether oxygens (including phenoxy) is 2. The number of methoxy groups -OCH3 is 2. The molecule has 110 valence electrons. The number of nitro groups is 1. The first kappa shape index (κ1) is 15.5. The Bertz CT molecular complexity index is 678. The standard InChI is InChI=1S/C14H12ClNO4S/c1-19-9-3-6-13(20-2)14(7-9)21-10-4-5-12(16(17)18)11(15)8-10/h3-8H,1-2H3. The van der Waals surface area contributed by atoms with E-state index in [-0.39, 0.29) is 10.7 Å². The molecule has 2 aromatic rings. The average molecular weight is 326 g/mol. The lowest BCUT2D eigenvalue weighted by molar-refractivity contribution is -0.384. The molecular weight excluding hydrogens is 314 g/mol. The number of hydrogen-bond donors (Lipinski definition) is 0. The van der Waals surface area contributed by atoms with Crippen molar-refractivity contribution in [3.05, 3.63) is 51.5 Å². The Balaban J connectivity index is 2.33. The molecule has 2 rings (SSSR count). The monoisotopic (exact) mass is 325 g/mol. The number of hydrogen-bond acceptors (Lipinski definition) is 5. The minimum atomic E-state index is -0.511. The number of nitrogens with zero attached hydrogens (tertiary/aromatic N) is 1. The molecule has 0 saturated carbocycles. The lowest BCUT2D eigenvalue weighted by Crippen LogP contribution is -1.90. The third-order valence-electron chi connectivity index (χ3n) is 2.71. The maximum Gasteiger partial charge on any atom is 0.287 e.